The molecule has 2 aromatic heterocycles. The molecule has 1 fully saturated rings. The van der Waals surface area contributed by atoms with Crippen LogP contribution in [0.15, 0.2) is 29.4 Å². The van der Waals surface area contributed by atoms with E-state index < -0.39 is 0 Å². The highest BCUT2D eigenvalue weighted by Gasteiger charge is 2.21. The number of fused-ring (bicyclic) bond motifs is 1. The van der Waals surface area contributed by atoms with E-state index in [4.69, 9.17) is 10.5 Å². The number of nitrogens with zero attached hydrogens (tertiary/aromatic N) is 6. The molecule has 2 N–H and O–H groups in total. The lowest BCUT2D eigenvalue weighted by Gasteiger charge is -2.28. The van der Waals surface area contributed by atoms with Gasteiger partial charge in [-0.3, -0.25) is 4.57 Å². The summed E-state index contributed by atoms with van der Waals surface area (Å²) in [4.78, 5) is 11.4. The summed E-state index contributed by atoms with van der Waals surface area (Å²) in [6.45, 7) is 8.39. The zero-order chi connectivity index (χ0) is 19.5. The van der Waals surface area contributed by atoms with Crippen molar-refractivity contribution in [2.75, 3.05) is 36.9 Å². The lowest BCUT2D eigenvalue weighted by atomic mass is 10.2. The number of nitrogens with two attached hydrogens (primary N) is 1. The van der Waals surface area contributed by atoms with Gasteiger partial charge in [-0.25, -0.2) is 9.97 Å². The van der Waals surface area contributed by atoms with Crippen molar-refractivity contribution >= 4 is 34.4 Å². The minimum Gasteiger partial charge on any atom is -0.383 e. The normalized spacial score (nSPS) is 14.9. The monoisotopic (exact) mass is 399 g/mol. The van der Waals surface area contributed by atoms with Crippen LogP contribution in [0.2, 0.25) is 0 Å². The van der Waals surface area contributed by atoms with Crippen LogP contribution < -0.4 is 10.6 Å². The molecule has 0 amide bonds. The lowest BCUT2D eigenvalue weighted by molar-refractivity contribution is 0.121. The first-order valence-corrected chi connectivity index (χ1v) is 10.5. The van der Waals surface area contributed by atoms with Crippen molar-refractivity contribution in [3.05, 3.63) is 30.1 Å². The predicted octanol–water partition coefficient (Wildman–Crippen LogP) is 2.59. The highest BCUT2D eigenvalue weighted by Crippen LogP contribution is 2.27. The molecule has 3 heterocycles. The number of benzene rings is 1. The molecular formula is C19H25N7OS. The Bertz CT molecular complexity index is 953. The number of aromatic nitrogens is 5. The van der Waals surface area contributed by atoms with E-state index in [1.165, 1.54) is 0 Å². The lowest BCUT2D eigenvalue weighted by Crippen LogP contribution is -2.38. The topological polar surface area (TPSA) is 95.0 Å². The Balaban J connectivity index is 1.56. The molecule has 0 aliphatic carbocycles. The zero-order valence-corrected chi connectivity index (χ0v) is 17.0. The number of morpholine rings is 1. The molecule has 1 saturated heterocycles. The molecule has 0 unspecified atom stereocenters. The van der Waals surface area contributed by atoms with Gasteiger partial charge in [0.2, 0.25) is 5.95 Å². The van der Waals surface area contributed by atoms with Crippen molar-refractivity contribution in [3.63, 3.8) is 0 Å². The fourth-order valence-corrected chi connectivity index (χ4v) is 4.05. The number of hydrogen-bond donors (Lipinski definition) is 1. The largest absolute Gasteiger partial charge is 0.383 e. The van der Waals surface area contributed by atoms with E-state index in [1.807, 2.05) is 24.3 Å². The minimum atomic E-state index is 0.489. The Morgan fingerprint density at radius 1 is 1.14 bits per heavy atom. The summed E-state index contributed by atoms with van der Waals surface area (Å²) in [6.07, 6.45) is 0. The van der Waals surface area contributed by atoms with E-state index >= 15 is 0 Å². The molecule has 0 saturated carbocycles. The minimum absolute atomic E-state index is 0.489. The molecular weight excluding hydrogens is 374 g/mol. The van der Waals surface area contributed by atoms with E-state index in [-0.39, 0.29) is 0 Å². The third-order valence-electron chi connectivity index (χ3n) is 4.55. The number of hydrogen-bond acceptors (Lipinski definition) is 8. The second kappa shape index (κ2) is 8.32. The van der Waals surface area contributed by atoms with Crippen molar-refractivity contribution < 1.29 is 4.74 Å². The summed E-state index contributed by atoms with van der Waals surface area (Å²) < 4.78 is 7.67. The quantitative estimate of drug-likeness (QED) is 0.632. The van der Waals surface area contributed by atoms with Gasteiger partial charge in [0.1, 0.15) is 11.6 Å². The number of para-hydroxylation sites is 1. The first kappa shape index (κ1) is 18.9. The molecule has 0 bridgehead atoms. The second-order valence-corrected chi connectivity index (χ2v) is 8.16. The van der Waals surface area contributed by atoms with E-state index in [9.17, 15) is 0 Å². The maximum atomic E-state index is 6.11. The molecule has 0 spiro atoms. The fraction of sp³-hybridized carbons (Fsp3) is 0.474. The van der Waals surface area contributed by atoms with Gasteiger partial charge < -0.3 is 15.4 Å². The van der Waals surface area contributed by atoms with Crippen LogP contribution in [0, 0.1) is 5.92 Å². The van der Waals surface area contributed by atoms with Crippen molar-refractivity contribution in [1.82, 2.24) is 24.7 Å². The van der Waals surface area contributed by atoms with Crippen LogP contribution in [0.25, 0.3) is 10.9 Å². The molecule has 148 valence electrons. The fourth-order valence-electron chi connectivity index (χ4n) is 3.25. The number of thioether (sulfide) groups is 1. The van der Waals surface area contributed by atoms with Crippen LogP contribution in [-0.2, 0) is 17.0 Å². The van der Waals surface area contributed by atoms with Gasteiger partial charge in [0.25, 0.3) is 0 Å². The number of ether oxygens (including phenoxy) is 1. The number of anilines is 2. The van der Waals surface area contributed by atoms with E-state index in [2.05, 4.69) is 43.5 Å². The molecule has 0 radical (unpaired) electrons. The molecule has 1 aliphatic rings. The molecule has 28 heavy (non-hydrogen) atoms. The van der Waals surface area contributed by atoms with Gasteiger partial charge in [0, 0.05) is 25.0 Å². The first-order chi connectivity index (χ1) is 13.6. The van der Waals surface area contributed by atoms with Gasteiger partial charge in [0.15, 0.2) is 5.16 Å². The smallest absolute Gasteiger partial charge is 0.228 e. The maximum Gasteiger partial charge on any atom is 0.228 e. The van der Waals surface area contributed by atoms with Crippen LogP contribution in [0.4, 0.5) is 11.8 Å². The Kier molecular flexibility index (Phi) is 5.63. The summed E-state index contributed by atoms with van der Waals surface area (Å²) in [6, 6.07) is 7.80. The van der Waals surface area contributed by atoms with Crippen molar-refractivity contribution in [3.8, 4) is 0 Å². The van der Waals surface area contributed by atoms with Crippen molar-refractivity contribution in [1.29, 1.82) is 0 Å². The molecule has 9 heteroatoms. The van der Waals surface area contributed by atoms with Crippen LogP contribution in [-0.4, -0.2) is 51.0 Å². The van der Waals surface area contributed by atoms with Crippen LogP contribution >= 0.6 is 11.8 Å². The highest BCUT2D eigenvalue weighted by molar-refractivity contribution is 7.98. The zero-order valence-electron chi connectivity index (χ0n) is 16.2. The second-order valence-electron chi connectivity index (χ2n) is 7.22. The van der Waals surface area contributed by atoms with Gasteiger partial charge in [-0.2, -0.15) is 0 Å². The number of nitrogen functional groups attached to an aromatic ring is 1. The predicted molar refractivity (Wildman–Crippen MR) is 111 cm³/mol. The van der Waals surface area contributed by atoms with Gasteiger partial charge in [0.05, 0.1) is 24.5 Å². The van der Waals surface area contributed by atoms with E-state index in [1.54, 1.807) is 11.8 Å². The van der Waals surface area contributed by atoms with Gasteiger partial charge in [-0.05, 0) is 18.1 Å². The van der Waals surface area contributed by atoms with E-state index in [0.717, 1.165) is 54.9 Å². The summed E-state index contributed by atoms with van der Waals surface area (Å²) in [5, 5.41) is 10.7. The van der Waals surface area contributed by atoms with Gasteiger partial charge in [-0.15, -0.1) is 10.2 Å². The van der Waals surface area contributed by atoms with E-state index in [0.29, 0.717) is 23.3 Å². The Hall–Kier alpha value is -2.39. The van der Waals surface area contributed by atoms with Crippen molar-refractivity contribution in [2.24, 2.45) is 5.92 Å². The molecule has 0 atom stereocenters. The molecule has 4 rings (SSSR count). The average Bonchev–Trinajstić information content (AvgIpc) is 3.09. The molecule has 3 aromatic rings. The first-order valence-electron chi connectivity index (χ1n) is 9.51. The van der Waals surface area contributed by atoms with Gasteiger partial charge in [-0.1, -0.05) is 37.7 Å². The third-order valence-corrected chi connectivity index (χ3v) is 5.51. The standard InChI is InChI=1S/C19H25N7OS/c1-13(2)11-26-18(25-7-9-27-10-8-25)23-24-19(26)28-12-16-21-15-6-4-3-5-14(15)17(20)22-16/h3-6,13H,7-12H2,1-2H3,(H2,20,21,22). The summed E-state index contributed by atoms with van der Waals surface area (Å²) >= 11 is 1.60. The SMILES string of the molecule is CC(C)Cn1c(SCc2nc(N)c3ccccc3n2)nnc1N1CCOCC1. The van der Waals surface area contributed by atoms with Crippen LogP contribution in [0.3, 0.4) is 0 Å². The Morgan fingerprint density at radius 2 is 1.93 bits per heavy atom. The highest BCUT2D eigenvalue weighted by atomic mass is 32.2. The Morgan fingerprint density at radius 3 is 2.71 bits per heavy atom. The van der Waals surface area contributed by atoms with Crippen LogP contribution in [0.5, 0.6) is 0 Å². The third kappa shape index (κ3) is 4.05. The summed E-state index contributed by atoms with van der Waals surface area (Å²) in [5.41, 5.74) is 6.98. The number of rotatable bonds is 6. The van der Waals surface area contributed by atoms with Crippen molar-refractivity contribution in [2.45, 2.75) is 31.3 Å². The molecule has 1 aromatic carbocycles. The molecule has 1 aliphatic heterocycles. The average molecular weight is 400 g/mol. The maximum absolute atomic E-state index is 6.11. The summed E-state index contributed by atoms with van der Waals surface area (Å²) in [7, 11) is 0. The van der Waals surface area contributed by atoms with Crippen LogP contribution in [0.1, 0.15) is 19.7 Å². The Labute approximate surface area is 168 Å². The van der Waals surface area contributed by atoms with Gasteiger partial charge >= 0.3 is 0 Å². The summed E-state index contributed by atoms with van der Waals surface area (Å²) in [5.74, 6) is 3.21. The molecule has 8 nitrogen and oxygen atoms in total.